The summed E-state index contributed by atoms with van der Waals surface area (Å²) < 4.78 is 0. The van der Waals surface area contributed by atoms with Gasteiger partial charge in [-0.25, -0.2) is 0 Å². The molecule has 0 radical (unpaired) electrons. The highest BCUT2D eigenvalue weighted by Crippen LogP contribution is 2.39. The van der Waals surface area contributed by atoms with E-state index in [2.05, 4.69) is 29.6 Å². The second-order valence-electron chi connectivity index (χ2n) is 7.56. The van der Waals surface area contributed by atoms with Crippen LogP contribution in [0.5, 0.6) is 0 Å². The van der Waals surface area contributed by atoms with Crippen molar-refractivity contribution in [3.8, 4) is 10.4 Å². The fraction of sp³-hybridized carbons (Fsp3) is 0.455. The molecule has 144 valence electrons. The minimum absolute atomic E-state index is 0.122. The van der Waals surface area contributed by atoms with Gasteiger partial charge >= 0.3 is 0 Å². The van der Waals surface area contributed by atoms with Crippen LogP contribution in [0.15, 0.2) is 41.8 Å². The average Bonchev–Trinajstić information content (AvgIpc) is 3.21. The Morgan fingerprint density at radius 3 is 2.63 bits per heavy atom. The van der Waals surface area contributed by atoms with Crippen molar-refractivity contribution in [3.63, 3.8) is 0 Å². The molecule has 2 heterocycles. The van der Waals surface area contributed by atoms with Gasteiger partial charge in [-0.05, 0) is 41.8 Å². The lowest BCUT2D eigenvalue weighted by molar-refractivity contribution is -0.147. The molecular weight excluding hydrogens is 356 g/mol. The molecule has 0 unspecified atom stereocenters. The summed E-state index contributed by atoms with van der Waals surface area (Å²) in [6.07, 6.45) is 2.83. The number of likely N-dealkylation sites (tertiary alicyclic amines) is 1. The van der Waals surface area contributed by atoms with Crippen molar-refractivity contribution in [2.75, 3.05) is 27.2 Å². The van der Waals surface area contributed by atoms with Crippen LogP contribution in [-0.2, 0) is 16.0 Å². The van der Waals surface area contributed by atoms with Crippen LogP contribution < -0.4 is 0 Å². The third-order valence-electron chi connectivity index (χ3n) is 5.42. The van der Waals surface area contributed by atoms with Crippen molar-refractivity contribution in [1.29, 1.82) is 0 Å². The maximum absolute atomic E-state index is 13.3. The number of rotatable bonds is 5. The molecule has 1 aromatic heterocycles. The topological polar surface area (TPSA) is 40.6 Å². The summed E-state index contributed by atoms with van der Waals surface area (Å²) in [4.78, 5) is 30.4. The Bertz CT molecular complexity index is 800. The zero-order valence-electron chi connectivity index (χ0n) is 16.4. The van der Waals surface area contributed by atoms with Crippen LogP contribution in [0.3, 0.4) is 0 Å². The van der Waals surface area contributed by atoms with E-state index in [-0.39, 0.29) is 11.8 Å². The molecule has 0 saturated carbocycles. The fourth-order valence-electron chi connectivity index (χ4n) is 4.15. The predicted octanol–water partition coefficient (Wildman–Crippen LogP) is 4.06. The SMILES string of the molecule is CCC(=O)N1CCC[C@@](Cc2ccccc2-c2cccs2)(C(=O)N(C)C)C1. The molecule has 2 amide bonds. The summed E-state index contributed by atoms with van der Waals surface area (Å²) in [5.74, 6) is 0.259. The highest BCUT2D eigenvalue weighted by Gasteiger charge is 2.44. The van der Waals surface area contributed by atoms with Crippen LogP contribution in [0.4, 0.5) is 0 Å². The molecule has 1 atom stereocenters. The minimum Gasteiger partial charge on any atom is -0.348 e. The number of nitrogens with zero attached hydrogens (tertiary/aromatic N) is 2. The Kier molecular flexibility index (Phi) is 6.00. The second kappa shape index (κ2) is 8.26. The number of hydrogen-bond acceptors (Lipinski definition) is 3. The van der Waals surface area contributed by atoms with E-state index in [1.54, 1.807) is 16.2 Å². The Morgan fingerprint density at radius 2 is 1.96 bits per heavy atom. The van der Waals surface area contributed by atoms with Crippen LogP contribution in [-0.4, -0.2) is 48.8 Å². The number of piperidine rings is 1. The van der Waals surface area contributed by atoms with Gasteiger partial charge in [0.05, 0.1) is 5.41 Å². The molecule has 1 saturated heterocycles. The Morgan fingerprint density at radius 1 is 1.19 bits per heavy atom. The van der Waals surface area contributed by atoms with E-state index in [9.17, 15) is 9.59 Å². The van der Waals surface area contributed by atoms with Gasteiger partial charge in [0.2, 0.25) is 11.8 Å². The molecule has 0 N–H and O–H groups in total. The quantitative estimate of drug-likeness (QED) is 0.780. The van der Waals surface area contributed by atoms with Crippen molar-refractivity contribution in [2.24, 2.45) is 5.41 Å². The Labute approximate surface area is 165 Å². The maximum Gasteiger partial charge on any atom is 0.230 e. The van der Waals surface area contributed by atoms with Gasteiger partial charge in [0, 0.05) is 38.5 Å². The third kappa shape index (κ3) is 4.08. The predicted molar refractivity (Wildman–Crippen MR) is 111 cm³/mol. The summed E-state index contributed by atoms with van der Waals surface area (Å²) >= 11 is 1.72. The summed E-state index contributed by atoms with van der Waals surface area (Å²) in [6, 6.07) is 12.5. The Hall–Kier alpha value is -2.14. The number of thiophene rings is 1. The summed E-state index contributed by atoms with van der Waals surface area (Å²) in [6.45, 7) is 3.15. The molecular formula is C22H28N2O2S. The van der Waals surface area contributed by atoms with Gasteiger partial charge in [-0.15, -0.1) is 11.3 Å². The summed E-state index contributed by atoms with van der Waals surface area (Å²) in [7, 11) is 3.63. The molecule has 0 aliphatic carbocycles. The largest absolute Gasteiger partial charge is 0.348 e. The van der Waals surface area contributed by atoms with Crippen LogP contribution in [0, 0.1) is 5.41 Å². The van der Waals surface area contributed by atoms with E-state index in [1.165, 1.54) is 16.0 Å². The zero-order valence-corrected chi connectivity index (χ0v) is 17.2. The number of hydrogen-bond donors (Lipinski definition) is 0. The van der Waals surface area contributed by atoms with Gasteiger partial charge in [0.15, 0.2) is 0 Å². The van der Waals surface area contributed by atoms with E-state index in [4.69, 9.17) is 0 Å². The van der Waals surface area contributed by atoms with Crippen molar-refractivity contribution >= 4 is 23.2 Å². The molecule has 3 rings (SSSR count). The first-order chi connectivity index (χ1) is 13.0. The number of amides is 2. The molecule has 4 nitrogen and oxygen atoms in total. The van der Waals surface area contributed by atoms with Crippen LogP contribution in [0.1, 0.15) is 31.7 Å². The zero-order chi connectivity index (χ0) is 19.4. The third-order valence-corrected chi connectivity index (χ3v) is 6.33. The maximum atomic E-state index is 13.3. The molecule has 1 aromatic carbocycles. The summed E-state index contributed by atoms with van der Waals surface area (Å²) in [5, 5.41) is 2.08. The monoisotopic (exact) mass is 384 g/mol. The minimum atomic E-state index is -0.556. The van der Waals surface area contributed by atoms with Crippen molar-refractivity contribution in [3.05, 3.63) is 47.3 Å². The molecule has 2 aromatic rings. The first-order valence-corrected chi connectivity index (χ1v) is 10.5. The normalized spacial score (nSPS) is 19.7. The molecule has 1 aliphatic heterocycles. The van der Waals surface area contributed by atoms with Crippen LogP contribution in [0.25, 0.3) is 10.4 Å². The highest BCUT2D eigenvalue weighted by molar-refractivity contribution is 7.13. The molecule has 0 bridgehead atoms. The standard InChI is InChI=1S/C22H28N2O2S/c1-4-20(25)24-13-8-12-22(16-24,21(26)23(2)3)15-17-9-5-6-10-18(17)19-11-7-14-27-19/h5-7,9-11,14H,4,8,12-13,15-16H2,1-3H3/t22-/m0/s1. The van der Waals surface area contributed by atoms with E-state index < -0.39 is 5.41 Å². The highest BCUT2D eigenvalue weighted by atomic mass is 32.1. The number of carbonyl (C=O) groups excluding carboxylic acids is 2. The van der Waals surface area contributed by atoms with Gasteiger partial charge in [-0.2, -0.15) is 0 Å². The van der Waals surface area contributed by atoms with E-state index >= 15 is 0 Å². The van der Waals surface area contributed by atoms with Gasteiger partial charge < -0.3 is 9.80 Å². The van der Waals surface area contributed by atoms with Crippen molar-refractivity contribution in [2.45, 2.75) is 32.6 Å². The first-order valence-electron chi connectivity index (χ1n) is 9.58. The second-order valence-corrected chi connectivity index (χ2v) is 8.51. The Balaban J connectivity index is 1.99. The van der Waals surface area contributed by atoms with Crippen LogP contribution >= 0.6 is 11.3 Å². The van der Waals surface area contributed by atoms with Gasteiger partial charge in [-0.3, -0.25) is 9.59 Å². The number of benzene rings is 1. The van der Waals surface area contributed by atoms with E-state index in [0.29, 0.717) is 19.4 Å². The lowest BCUT2D eigenvalue weighted by atomic mass is 9.73. The summed E-state index contributed by atoms with van der Waals surface area (Å²) in [5.41, 5.74) is 1.82. The molecule has 1 aliphatic rings. The molecule has 0 spiro atoms. The van der Waals surface area contributed by atoms with E-state index in [1.807, 2.05) is 38.1 Å². The average molecular weight is 385 g/mol. The fourth-order valence-corrected chi connectivity index (χ4v) is 4.94. The van der Waals surface area contributed by atoms with Gasteiger partial charge in [0.25, 0.3) is 0 Å². The van der Waals surface area contributed by atoms with Crippen LogP contribution in [0.2, 0.25) is 0 Å². The molecule has 1 fully saturated rings. The smallest absolute Gasteiger partial charge is 0.230 e. The lowest BCUT2D eigenvalue weighted by Crippen LogP contribution is -2.54. The lowest BCUT2D eigenvalue weighted by Gasteiger charge is -2.43. The van der Waals surface area contributed by atoms with Crippen molar-refractivity contribution < 1.29 is 9.59 Å². The molecule has 5 heteroatoms. The van der Waals surface area contributed by atoms with E-state index in [0.717, 1.165) is 19.4 Å². The van der Waals surface area contributed by atoms with Gasteiger partial charge in [0.1, 0.15) is 0 Å². The van der Waals surface area contributed by atoms with Gasteiger partial charge in [-0.1, -0.05) is 37.3 Å². The van der Waals surface area contributed by atoms with Crippen molar-refractivity contribution in [1.82, 2.24) is 9.80 Å². The first kappa shape index (κ1) is 19.6. The number of carbonyl (C=O) groups is 2. The molecule has 27 heavy (non-hydrogen) atoms.